The molecule has 0 aliphatic heterocycles. The molecule has 0 amide bonds. The van der Waals surface area contributed by atoms with Crippen molar-refractivity contribution in [3.63, 3.8) is 0 Å². The van der Waals surface area contributed by atoms with Crippen molar-refractivity contribution in [1.82, 2.24) is 24.9 Å². The fraction of sp³-hybridized carbons (Fsp3) is 0.500. The molecule has 0 aliphatic rings. The number of aromatic nitrogens is 4. The lowest BCUT2D eigenvalue weighted by Crippen LogP contribution is -2.19. The van der Waals surface area contributed by atoms with E-state index in [0.29, 0.717) is 18.8 Å². The first-order valence-electron chi connectivity index (χ1n) is 6.83. The molecule has 0 atom stereocenters. The van der Waals surface area contributed by atoms with Crippen LogP contribution in [0.2, 0.25) is 0 Å². The van der Waals surface area contributed by atoms with Crippen molar-refractivity contribution in [2.45, 2.75) is 31.8 Å². The molecule has 0 saturated heterocycles. The van der Waals surface area contributed by atoms with Crippen molar-refractivity contribution >= 4 is 15.7 Å². The van der Waals surface area contributed by atoms with Crippen LogP contribution in [0.25, 0.3) is 0 Å². The van der Waals surface area contributed by atoms with Crippen molar-refractivity contribution in [2.75, 3.05) is 17.8 Å². The first-order valence-corrected chi connectivity index (χ1v) is 8.32. The van der Waals surface area contributed by atoms with E-state index in [-0.39, 0.29) is 4.90 Å². The highest BCUT2D eigenvalue weighted by molar-refractivity contribution is 7.92. The molecule has 2 aromatic rings. The topological polar surface area (TPSA) is 93.8 Å². The van der Waals surface area contributed by atoms with Crippen LogP contribution in [0.4, 0.5) is 5.69 Å². The molecule has 0 bridgehead atoms. The summed E-state index contributed by atoms with van der Waals surface area (Å²) < 4.78 is 30.2. The minimum atomic E-state index is -3.63. The van der Waals surface area contributed by atoms with E-state index in [1.807, 2.05) is 13.8 Å². The number of nitrogens with zero attached hydrogens (tertiary/aromatic N) is 4. The summed E-state index contributed by atoms with van der Waals surface area (Å²) in [5.74, 6) is 0. The third kappa shape index (κ3) is 4.05. The van der Waals surface area contributed by atoms with Gasteiger partial charge in [-0.1, -0.05) is 6.92 Å². The van der Waals surface area contributed by atoms with Crippen LogP contribution in [-0.2, 0) is 23.1 Å². The van der Waals surface area contributed by atoms with Gasteiger partial charge in [0.2, 0.25) is 0 Å². The molecular weight excluding hydrogens is 292 g/mol. The second-order valence-corrected chi connectivity index (χ2v) is 6.17. The Balaban J connectivity index is 2.05. The number of hydrogen-bond acceptors (Lipinski definition) is 5. The summed E-state index contributed by atoms with van der Waals surface area (Å²) in [6.45, 7) is 6.87. The van der Waals surface area contributed by atoms with Crippen LogP contribution in [0.3, 0.4) is 0 Å². The Labute approximate surface area is 124 Å². The normalized spacial score (nSPS) is 11.7. The molecule has 2 rings (SSSR count). The van der Waals surface area contributed by atoms with E-state index in [2.05, 4.69) is 20.2 Å². The molecule has 0 unspecified atom stereocenters. The molecule has 0 fully saturated rings. The van der Waals surface area contributed by atoms with E-state index in [9.17, 15) is 8.42 Å². The quantitative estimate of drug-likeness (QED) is 0.693. The molecule has 0 spiro atoms. The van der Waals surface area contributed by atoms with Crippen LogP contribution in [0.15, 0.2) is 29.7 Å². The number of likely N-dealkylation sites (N-methyl/N-ethyl adjacent to an activating group) is 1. The van der Waals surface area contributed by atoms with Crippen molar-refractivity contribution in [3.05, 3.63) is 24.8 Å². The monoisotopic (exact) mass is 312 g/mol. The van der Waals surface area contributed by atoms with E-state index >= 15 is 0 Å². The van der Waals surface area contributed by atoms with Gasteiger partial charge in [-0.25, -0.2) is 8.42 Å². The first-order chi connectivity index (χ1) is 10.0. The predicted molar refractivity (Wildman–Crippen MR) is 79.5 cm³/mol. The minimum Gasteiger partial charge on any atom is -0.315 e. The fourth-order valence-electron chi connectivity index (χ4n) is 1.78. The van der Waals surface area contributed by atoms with Gasteiger partial charge >= 0.3 is 0 Å². The number of anilines is 1. The summed E-state index contributed by atoms with van der Waals surface area (Å²) in [7, 11) is -3.63. The van der Waals surface area contributed by atoms with E-state index in [1.54, 1.807) is 15.6 Å². The van der Waals surface area contributed by atoms with E-state index in [0.717, 1.165) is 13.1 Å². The van der Waals surface area contributed by atoms with Gasteiger partial charge in [0, 0.05) is 25.5 Å². The van der Waals surface area contributed by atoms with Gasteiger partial charge in [-0.05, 0) is 13.5 Å². The lowest BCUT2D eigenvalue weighted by atomic mass is 10.6. The Hall–Kier alpha value is -1.87. The molecule has 8 nitrogen and oxygen atoms in total. The molecule has 9 heteroatoms. The summed E-state index contributed by atoms with van der Waals surface area (Å²) in [5, 5.41) is 11.2. The molecule has 21 heavy (non-hydrogen) atoms. The van der Waals surface area contributed by atoms with Crippen LogP contribution < -0.4 is 10.0 Å². The lowest BCUT2D eigenvalue weighted by Gasteiger charge is -2.03. The van der Waals surface area contributed by atoms with Crippen molar-refractivity contribution in [1.29, 1.82) is 0 Å². The maximum atomic E-state index is 12.2. The summed E-state index contributed by atoms with van der Waals surface area (Å²) in [4.78, 5) is 0.142. The number of aryl methyl sites for hydroxylation is 1. The highest BCUT2D eigenvalue weighted by Gasteiger charge is 2.17. The second-order valence-electron chi connectivity index (χ2n) is 4.48. The van der Waals surface area contributed by atoms with Crippen LogP contribution in [-0.4, -0.2) is 41.1 Å². The van der Waals surface area contributed by atoms with Crippen molar-refractivity contribution in [2.24, 2.45) is 0 Å². The molecular formula is C12H20N6O2S. The van der Waals surface area contributed by atoms with Crippen LogP contribution in [0, 0.1) is 0 Å². The zero-order chi connectivity index (χ0) is 15.3. The zero-order valence-corrected chi connectivity index (χ0v) is 13.0. The molecule has 2 N–H and O–H groups in total. The number of nitrogens with one attached hydrogen (secondary N) is 2. The van der Waals surface area contributed by atoms with Crippen molar-refractivity contribution in [3.8, 4) is 0 Å². The Bertz CT molecular complexity index is 675. The third-order valence-corrected chi connectivity index (χ3v) is 4.23. The molecule has 0 aromatic carbocycles. The summed E-state index contributed by atoms with van der Waals surface area (Å²) >= 11 is 0. The Morgan fingerprint density at radius 2 is 1.90 bits per heavy atom. The molecule has 0 radical (unpaired) electrons. The molecule has 2 aromatic heterocycles. The molecule has 0 aliphatic carbocycles. The van der Waals surface area contributed by atoms with E-state index in [4.69, 9.17) is 0 Å². The van der Waals surface area contributed by atoms with Crippen LogP contribution in [0.1, 0.15) is 13.8 Å². The average molecular weight is 312 g/mol. The van der Waals surface area contributed by atoms with E-state index in [1.165, 1.54) is 18.6 Å². The summed E-state index contributed by atoms with van der Waals surface area (Å²) in [6, 6.07) is 0. The van der Waals surface area contributed by atoms with Crippen molar-refractivity contribution < 1.29 is 8.42 Å². The number of hydrogen-bond donors (Lipinski definition) is 2. The Morgan fingerprint density at radius 3 is 2.57 bits per heavy atom. The maximum absolute atomic E-state index is 12.2. The number of sulfonamides is 1. The molecule has 0 saturated carbocycles. The van der Waals surface area contributed by atoms with Gasteiger partial charge in [0.05, 0.1) is 24.6 Å². The number of rotatable bonds is 8. The van der Waals surface area contributed by atoms with Crippen LogP contribution in [0.5, 0.6) is 0 Å². The molecule has 2 heterocycles. The smallest absolute Gasteiger partial charge is 0.265 e. The van der Waals surface area contributed by atoms with Gasteiger partial charge in [-0.15, -0.1) is 0 Å². The van der Waals surface area contributed by atoms with Gasteiger partial charge in [-0.2, -0.15) is 10.2 Å². The largest absolute Gasteiger partial charge is 0.315 e. The van der Waals surface area contributed by atoms with Gasteiger partial charge in [0.15, 0.2) is 0 Å². The van der Waals surface area contributed by atoms with E-state index < -0.39 is 10.0 Å². The second kappa shape index (κ2) is 6.72. The first kappa shape index (κ1) is 15.5. The van der Waals surface area contributed by atoms with Gasteiger partial charge in [-0.3, -0.25) is 14.1 Å². The predicted octanol–water partition coefficient (Wildman–Crippen LogP) is 0.510. The third-order valence-electron chi connectivity index (χ3n) is 2.90. The SMILES string of the molecule is CCNCCn1cc(S(=O)(=O)Nc2cnn(CC)c2)cn1. The molecule has 116 valence electrons. The Kier molecular flexibility index (Phi) is 4.97. The fourth-order valence-corrected chi connectivity index (χ4v) is 2.76. The average Bonchev–Trinajstić information content (AvgIpc) is 3.08. The Morgan fingerprint density at radius 1 is 1.14 bits per heavy atom. The van der Waals surface area contributed by atoms with Gasteiger partial charge < -0.3 is 5.32 Å². The standard InChI is InChI=1S/C12H20N6O2S/c1-3-13-5-6-18-10-12(8-15-18)21(19,20)16-11-7-14-17(4-2)9-11/h7-10,13,16H,3-6H2,1-2H3. The van der Waals surface area contributed by atoms with Crippen LogP contribution >= 0.6 is 0 Å². The minimum absolute atomic E-state index is 0.142. The highest BCUT2D eigenvalue weighted by Crippen LogP contribution is 2.14. The van der Waals surface area contributed by atoms with Gasteiger partial charge in [0.25, 0.3) is 10.0 Å². The summed E-state index contributed by atoms with van der Waals surface area (Å²) in [5.41, 5.74) is 0.442. The maximum Gasteiger partial charge on any atom is 0.265 e. The lowest BCUT2D eigenvalue weighted by molar-refractivity contribution is 0.564. The highest BCUT2D eigenvalue weighted by atomic mass is 32.2. The summed E-state index contributed by atoms with van der Waals surface area (Å²) in [6.07, 6.45) is 5.99. The van der Waals surface area contributed by atoms with Gasteiger partial charge in [0.1, 0.15) is 4.90 Å². The zero-order valence-electron chi connectivity index (χ0n) is 12.2.